The second-order valence-corrected chi connectivity index (χ2v) is 5.45. The van der Waals surface area contributed by atoms with E-state index < -0.39 is 0 Å². The summed E-state index contributed by atoms with van der Waals surface area (Å²) in [5.74, 6) is 0. The molecule has 17 heavy (non-hydrogen) atoms. The van der Waals surface area contributed by atoms with Crippen LogP contribution in [0.1, 0.15) is 30.1 Å². The number of aromatic nitrogens is 1. The Morgan fingerprint density at radius 2 is 2.12 bits per heavy atom. The van der Waals surface area contributed by atoms with Crippen molar-refractivity contribution in [3.8, 4) is 10.6 Å². The molecule has 88 valence electrons. The maximum Gasteiger partial charge on any atom is 0.123 e. The topological polar surface area (TPSA) is 24.9 Å². The van der Waals surface area contributed by atoms with Gasteiger partial charge in [0.15, 0.2) is 0 Å². The van der Waals surface area contributed by atoms with Gasteiger partial charge in [0.25, 0.3) is 0 Å². The van der Waals surface area contributed by atoms with Crippen molar-refractivity contribution in [2.45, 2.75) is 25.8 Å². The Labute approximate surface area is 106 Å². The molecule has 1 fully saturated rings. The van der Waals surface area contributed by atoms with Gasteiger partial charge in [-0.15, -0.1) is 11.3 Å². The van der Waals surface area contributed by atoms with Gasteiger partial charge < -0.3 is 5.32 Å². The number of thiazole rings is 1. The predicted molar refractivity (Wildman–Crippen MR) is 72.3 cm³/mol. The van der Waals surface area contributed by atoms with E-state index in [4.69, 9.17) is 4.98 Å². The Morgan fingerprint density at radius 3 is 2.82 bits per heavy atom. The molecule has 1 saturated heterocycles. The molecule has 1 atom stereocenters. The van der Waals surface area contributed by atoms with Crippen molar-refractivity contribution < 1.29 is 0 Å². The summed E-state index contributed by atoms with van der Waals surface area (Å²) in [6.07, 6.45) is 2.49. The van der Waals surface area contributed by atoms with Crippen LogP contribution < -0.4 is 5.32 Å². The zero-order valence-electron chi connectivity index (χ0n) is 9.94. The zero-order valence-corrected chi connectivity index (χ0v) is 10.8. The molecule has 0 spiro atoms. The summed E-state index contributed by atoms with van der Waals surface area (Å²) in [6.45, 7) is 3.24. The van der Waals surface area contributed by atoms with Gasteiger partial charge in [-0.05, 0) is 26.3 Å². The van der Waals surface area contributed by atoms with Crippen LogP contribution in [0.15, 0.2) is 29.6 Å². The van der Waals surface area contributed by atoms with E-state index in [0.717, 1.165) is 11.6 Å². The normalized spacial score (nSPS) is 19.7. The first-order valence-corrected chi connectivity index (χ1v) is 6.97. The molecule has 0 amide bonds. The average molecular weight is 244 g/mol. The van der Waals surface area contributed by atoms with Crippen LogP contribution in [0.2, 0.25) is 0 Å². The number of nitrogens with one attached hydrogen (secondary N) is 1. The highest BCUT2D eigenvalue weighted by molar-refractivity contribution is 7.13. The van der Waals surface area contributed by atoms with Gasteiger partial charge in [0, 0.05) is 10.9 Å². The molecule has 0 saturated carbocycles. The lowest BCUT2D eigenvalue weighted by Gasteiger charge is -2.05. The molecule has 0 bridgehead atoms. The van der Waals surface area contributed by atoms with Crippen LogP contribution in [-0.2, 0) is 0 Å². The van der Waals surface area contributed by atoms with Crippen LogP contribution in [0.25, 0.3) is 10.6 Å². The smallest absolute Gasteiger partial charge is 0.123 e. The standard InChI is InChI=1S/C14H16N2S/c1-10-4-6-11(7-5-10)14-16-13(9-17-14)12-3-2-8-15-12/h4-7,9,12,15H,2-3,8H2,1H3. The Bertz CT molecular complexity index is 495. The summed E-state index contributed by atoms with van der Waals surface area (Å²) >= 11 is 1.74. The van der Waals surface area contributed by atoms with Crippen LogP contribution >= 0.6 is 11.3 Å². The maximum atomic E-state index is 4.75. The molecule has 1 unspecified atom stereocenters. The summed E-state index contributed by atoms with van der Waals surface area (Å²) in [5, 5.41) is 6.82. The Morgan fingerprint density at radius 1 is 1.29 bits per heavy atom. The molecule has 0 aliphatic carbocycles. The quantitative estimate of drug-likeness (QED) is 0.874. The lowest BCUT2D eigenvalue weighted by molar-refractivity contribution is 0.632. The van der Waals surface area contributed by atoms with Crippen molar-refractivity contribution >= 4 is 11.3 Å². The van der Waals surface area contributed by atoms with E-state index in [1.54, 1.807) is 11.3 Å². The Balaban J connectivity index is 1.86. The molecule has 1 aromatic carbocycles. The van der Waals surface area contributed by atoms with Crippen LogP contribution in [0.4, 0.5) is 0 Å². The van der Waals surface area contributed by atoms with Crippen LogP contribution in [-0.4, -0.2) is 11.5 Å². The summed E-state index contributed by atoms with van der Waals surface area (Å²) in [7, 11) is 0. The molecular formula is C14H16N2S. The molecule has 2 nitrogen and oxygen atoms in total. The fourth-order valence-corrected chi connectivity index (χ4v) is 3.09. The average Bonchev–Trinajstić information content (AvgIpc) is 3.00. The number of benzene rings is 1. The molecule has 1 aliphatic heterocycles. The highest BCUT2D eigenvalue weighted by atomic mass is 32.1. The van der Waals surface area contributed by atoms with Gasteiger partial charge in [-0.2, -0.15) is 0 Å². The fourth-order valence-electron chi connectivity index (χ4n) is 2.21. The van der Waals surface area contributed by atoms with Crippen molar-refractivity contribution in [1.82, 2.24) is 10.3 Å². The third-order valence-electron chi connectivity index (χ3n) is 3.24. The Hall–Kier alpha value is -1.19. The largest absolute Gasteiger partial charge is 0.309 e. The van der Waals surface area contributed by atoms with Crippen molar-refractivity contribution in [3.63, 3.8) is 0 Å². The van der Waals surface area contributed by atoms with Gasteiger partial charge in [0.1, 0.15) is 5.01 Å². The number of aryl methyl sites for hydroxylation is 1. The SMILES string of the molecule is Cc1ccc(-c2nc(C3CCCN3)cs2)cc1. The number of rotatable bonds is 2. The molecule has 2 aromatic rings. The van der Waals surface area contributed by atoms with Gasteiger partial charge in [0.2, 0.25) is 0 Å². The summed E-state index contributed by atoms with van der Waals surface area (Å²) < 4.78 is 0. The number of hydrogen-bond donors (Lipinski definition) is 1. The molecule has 1 aliphatic rings. The first kappa shape index (κ1) is 10.9. The minimum Gasteiger partial charge on any atom is -0.309 e. The lowest BCUT2D eigenvalue weighted by Crippen LogP contribution is -2.12. The maximum absolute atomic E-state index is 4.75. The second kappa shape index (κ2) is 4.59. The van der Waals surface area contributed by atoms with Gasteiger partial charge >= 0.3 is 0 Å². The molecule has 0 radical (unpaired) electrons. The van der Waals surface area contributed by atoms with Crippen molar-refractivity contribution in [2.24, 2.45) is 0 Å². The monoisotopic (exact) mass is 244 g/mol. The fraction of sp³-hybridized carbons (Fsp3) is 0.357. The van der Waals surface area contributed by atoms with E-state index in [9.17, 15) is 0 Å². The van der Waals surface area contributed by atoms with Gasteiger partial charge in [0.05, 0.1) is 11.7 Å². The minimum absolute atomic E-state index is 0.477. The molecule has 3 heteroatoms. The highest BCUT2D eigenvalue weighted by Gasteiger charge is 2.19. The number of nitrogens with zero attached hydrogens (tertiary/aromatic N) is 1. The first-order chi connectivity index (χ1) is 8.33. The van der Waals surface area contributed by atoms with Crippen molar-refractivity contribution in [2.75, 3.05) is 6.54 Å². The molecule has 1 aromatic heterocycles. The summed E-state index contributed by atoms with van der Waals surface area (Å²) in [5.41, 5.74) is 3.73. The van der Waals surface area contributed by atoms with Gasteiger partial charge in [-0.25, -0.2) is 4.98 Å². The Kier molecular flexibility index (Phi) is 2.95. The molecule has 1 N–H and O–H groups in total. The summed E-state index contributed by atoms with van der Waals surface area (Å²) in [4.78, 5) is 4.75. The molecule has 3 rings (SSSR count). The van der Waals surface area contributed by atoms with E-state index in [-0.39, 0.29) is 0 Å². The highest BCUT2D eigenvalue weighted by Crippen LogP contribution is 2.29. The lowest BCUT2D eigenvalue weighted by atomic mass is 10.1. The zero-order chi connectivity index (χ0) is 11.7. The third-order valence-corrected chi connectivity index (χ3v) is 4.15. The van der Waals surface area contributed by atoms with Crippen LogP contribution in [0.5, 0.6) is 0 Å². The van der Waals surface area contributed by atoms with Crippen LogP contribution in [0.3, 0.4) is 0 Å². The molecule has 2 heterocycles. The van der Waals surface area contributed by atoms with Gasteiger partial charge in [-0.1, -0.05) is 29.8 Å². The first-order valence-electron chi connectivity index (χ1n) is 6.09. The number of hydrogen-bond acceptors (Lipinski definition) is 3. The van der Waals surface area contributed by atoms with E-state index in [0.29, 0.717) is 6.04 Å². The van der Waals surface area contributed by atoms with E-state index in [1.165, 1.54) is 29.7 Å². The third kappa shape index (κ3) is 2.26. The van der Waals surface area contributed by atoms with E-state index >= 15 is 0 Å². The van der Waals surface area contributed by atoms with Crippen molar-refractivity contribution in [3.05, 3.63) is 40.9 Å². The van der Waals surface area contributed by atoms with Gasteiger partial charge in [-0.3, -0.25) is 0 Å². The van der Waals surface area contributed by atoms with Crippen molar-refractivity contribution in [1.29, 1.82) is 0 Å². The van der Waals surface area contributed by atoms with E-state index in [1.807, 2.05) is 0 Å². The van der Waals surface area contributed by atoms with Crippen LogP contribution in [0, 0.1) is 6.92 Å². The summed E-state index contributed by atoms with van der Waals surface area (Å²) in [6, 6.07) is 9.07. The second-order valence-electron chi connectivity index (χ2n) is 4.59. The minimum atomic E-state index is 0.477. The predicted octanol–water partition coefficient (Wildman–Crippen LogP) is 3.54. The van der Waals surface area contributed by atoms with E-state index in [2.05, 4.69) is 41.9 Å². The molecular weight excluding hydrogens is 228 g/mol.